The number of aryl methyl sites for hydroxylation is 1. The number of ether oxygens (including phenoxy) is 1. The van der Waals surface area contributed by atoms with Crippen LogP contribution in [0.15, 0.2) is 15.8 Å². The van der Waals surface area contributed by atoms with E-state index in [1.165, 1.54) is 10.8 Å². The maximum absolute atomic E-state index is 11.7. The van der Waals surface area contributed by atoms with E-state index in [4.69, 9.17) is 4.74 Å². The Labute approximate surface area is 110 Å². The Morgan fingerprint density at radius 1 is 1.61 bits per heavy atom. The van der Waals surface area contributed by atoms with Crippen LogP contribution in [0.1, 0.15) is 18.2 Å². The standard InChI is InChI=1S/C11H16N2O4Se/c1-6-4-13(11(16)12-10(6)15)9-3-8(18-2)7(5-14)17-9/h4,7-9,14H,3,5H2,1-2H3,(H,12,15,16)/t7-,8+,9-/m1/s1. The van der Waals surface area contributed by atoms with E-state index in [1.54, 1.807) is 6.92 Å². The number of aliphatic hydroxyl groups is 1. The quantitative estimate of drug-likeness (QED) is 0.747. The fourth-order valence-electron chi connectivity index (χ4n) is 2.08. The SMILES string of the molecule is C[Se][C@H]1C[C@H](n2cc(C)c(=O)[nH]c2=O)O[C@@H]1CO. The first-order valence-electron chi connectivity index (χ1n) is 5.68. The molecular weight excluding hydrogens is 303 g/mol. The average Bonchev–Trinajstić information content (AvgIpc) is 2.76. The molecule has 0 radical (unpaired) electrons. The van der Waals surface area contributed by atoms with E-state index in [2.05, 4.69) is 10.8 Å². The van der Waals surface area contributed by atoms with E-state index in [-0.39, 0.29) is 18.3 Å². The molecule has 0 bridgehead atoms. The second-order valence-corrected chi connectivity index (χ2v) is 6.56. The van der Waals surface area contributed by atoms with Crippen molar-refractivity contribution >= 4 is 15.0 Å². The number of aromatic amines is 1. The molecule has 2 heterocycles. The van der Waals surface area contributed by atoms with Crippen LogP contribution >= 0.6 is 0 Å². The summed E-state index contributed by atoms with van der Waals surface area (Å²) in [5.74, 6) is 2.09. The molecule has 2 rings (SSSR count). The summed E-state index contributed by atoms with van der Waals surface area (Å²) in [6.45, 7) is 1.61. The molecule has 1 aliphatic heterocycles. The van der Waals surface area contributed by atoms with Gasteiger partial charge in [-0.3, -0.25) is 0 Å². The molecule has 18 heavy (non-hydrogen) atoms. The number of rotatable bonds is 3. The third-order valence-electron chi connectivity index (χ3n) is 3.12. The van der Waals surface area contributed by atoms with Gasteiger partial charge in [0.1, 0.15) is 0 Å². The molecule has 0 unspecified atom stereocenters. The molecule has 3 atom stereocenters. The number of aromatic nitrogens is 2. The Hall–Kier alpha value is -0.881. The van der Waals surface area contributed by atoms with Crippen molar-refractivity contribution in [2.45, 2.75) is 36.3 Å². The molecule has 2 N–H and O–H groups in total. The number of H-pyrrole nitrogens is 1. The summed E-state index contributed by atoms with van der Waals surface area (Å²) in [5.41, 5.74) is -0.357. The summed E-state index contributed by atoms with van der Waals surface area (Å²) in [6, 6.07) is 0. The predicted molar refractivity (Wildman–Crippen MR) is 67.0 cm³/mol. The number of hydrogen-bond donors (Lipinski definition) is 2. The van der Waals surface area contributed by atoms with Gasteiger partial charge in [0.05, 0.1) is 0 Å². The molecule has 1 aromatic heterocycles. The normalized spacial score (nSPS) is 27.6. The molecule has 6 nitrogen and oxygen atoms in total. The van der Waals surface area contributed by atoms with Crippen LogP contribution in [0.4, 0.5) is 0 Å². The first-order valence-corrected chi connectivity index (χ1v) is 8.38. The van der Waals surface area contributed by atoms with Gasteiger partial charge in [0.15, 0.2) is 0 Å². The molecular formula is C11H16N2O4Se. The summed E-state index contributed by atoms with van der Waals surface area (Å²) in [5, 5.41) is 9.24. The molecule has 0 spiro atoms. The summed E-state index contributed by atoms with van der Waals surface area (Å²) < 4.78 is 7.09. The van der Waals surface area contributed by atoms with Crippen molar-refractivity contribution in [1.29, 1.82) is 0 Å². The zero-order valence-electron chi connectivity index (χ0n) is 10.3. The molecule has 0 amide bonds. The van der Waals surface area contributed by atoms with Crippen LogP contribution in [-0.4, -0.2) is 42.3 Å². The van der Waals surface area contributed by atoms with Crippen LogP contribution in [-0.2, 0) is 4.74 Å². The third kappa shape index (κ3) is 2.44. The van der Waals surface area contributed by atoms with Crippen LogP contribution < -0.4 is 11.2 Å². The molecule has 0 aromatic carbocycles. The van der Waals surface area contributed by atoms with Gasteiger partial charge in [0.2, 0.25) is 0 Å². The first kappa shape index (κ1) is 13.5. The first-order chi connectivity index (χ1) is 8.56. The summed E-state index contributed by atoms with van der Waals surface area (Å²) in [7, 11) is 0. The number of aliphatic hydroxyl groups excluding tert-OH is 1. The second kappa shape index (κ2) is 5.40. The van der Waals surface area contributed by atoms with E-state index in [1.807, 2.05) is 0 Å². The Kier molecular flexibility index (Phi) is 4.07. The van der Waals surface area contributed by atoms with Crippen molar-refractivity contribution in [3.8, 4) is 0 Å². The van der Waals surface area contributed by atoms with Gasteiger partial charge in [-0.25, -0.2) is 0 Å². The van der Waals surface area contributed by atoms with Gasteiger partial charge in [0.25, 0.3) is 0 Å². The maximum atomic E-state index is 11.7. The fourth-order valence-corrected chi connectivity index (χ4v) is 3.78. The van der Waals surface area contributed by atoms with Crippen molar-refractivity contribution in [3.05, 3.63) is 32.6 Å². The van der Waals surface area contributed by atoms with Crippen molar-refractivity contribution in [2.24, 2.45) is 0 Å². The number of nitrogens with zero attached hydrogens (tertiary/aromatic N) is 1. The van der Waals surface area contributed by atoms with Crippen LogP contribution in [0.3, 0.4) is 0 Å². The van der Waals surface area contributed by atoms with Gasteiger partial charge in [-0.05, 0) is 0 Å². The molecule has 1 saturated heterocycles. The summed E-state index contributed by atoms with van der Waals surface area (Å²) >= 11 is 0.350. The summed E-state index contributed by atoms with van der Waals surface area (Å²) in [6.07, 6.45) is 1.62. The van der Waals surface area contributed by atoms with Crippen molar-refractivity contribution in [2.75, 3.05) is 6.61 Å². The van der Waals surface area contributed by atoms with Crippen molar-refractivity contribution in [1.82, 2.24) is 9.55 Å². The summed E-state index contributed by atoms with van der Waals surface area (Å²) in [4.78, 5) is 25.6. The topological polar surface area (TPSA) is 84.3 Å². The van der Waals surface area contributed by atoms with Crippen LogP contribution in [0.2, 0.25) is 10.6 Å². The van der Waals surface area contributed by atoms with Crippen LogP contribution in [0, 0.1) is 6.92 Å². The van der Waals surface area contributed by atoms with Gasteiger partial charge in [-0.2, -0.15) is 0 Å². The zero-order valence-corrected chi connectivity index (χ0v) is 12.0. The van der Waals surface area contributed by atoms with E-state index in [0.29, 0.717) is 31.8 Å². The van der Waals surface area contributed by atoms with Crippen molar-refractivity contribution in [3.63, 3.8) is 0 Å². The van der Waals surface area contributed by atoms with E-state index < -0.39 is 11.9 Å². The third-order valence-corrected chi connectivity index (χ3v) is 5.43. The molecule has 1 fully saturated rings. The minimum atomic E-state index is -0.462. The van der Waals surface area contributed by atoms with Gasteiger partial charge >= 0.3 is 110 Å². The molecule has 100 valence electrons. The Bertz CT molecular complexity index is 527. The predicted octanol–water partition coefficient (Wildman–Crippen LogP) is -0.334. The Morgan fingerprint density at radius 2 is 2.33 bits per heavy atom. The van der Waals surface area contributed by atoms with Crippen LogP contribution in [0.5, 0.6) is 0 Å². The number of hydrogen-bond acceptors (Lipinski definition) is 4. The molecule has 1 aliphatic rings. The van der Waals surface area contributed by atoms with E-state index in [0.717, 1.165) is 0 Å². The van der Waals surface area contributed by atoms with Gasteiger partial charge in [-0.15, -0.1) is 0 Å². The average molecular weight is 319 g/mol. The van der Waals surface area contributed by atoms with Crippen molar-refractivity contribution < 1.29 is 9.84 Å². The van der Waals surface area contributed by atoms with E-state index >= 15 is 0 Å². The fraction of sp³-hybridized carbons (Fsp3) is 0.636. The Morgan fingerprint density at radius 3 is 2.89 bits per heavy atom. The molecule has 0 saturated carbocycles. The van der Waals surface area contributed by atoms with E-state index in [9.17, 15) is 14.7 Å². The minimum absolute atomic E-state index is 0.0339. The molecule has 1 aromatic rings. The molecule has 7 heteroatoms. The second-order valence-electron chi connectivity index (χ2n) is 4.30. The van der Waals surface area contributed by atoms with Gasteiger partial charge in [0, 0.05) is 0 Å². The number of nitrogens with one attached hydrogen (secondary N) is 1. The van der Waals surface area contributed by atoms with Gasteiger partial charge in [-0.1, -0.05) is 0 Å². The van der Waals surface area contributed by atoms with Crippen LogP contribution in [0.25, 0.3) is 0 Å². The zero-order chi connectivity index (χ0) is 13.3. The molecule has 0 aliphatic carbocycles. The van der Waals surface area contributed by atoms with Gasteiger partial charge < -0.3 is 0 Å². The Balaban J connectivity index is 2.31. The monoisotopic (exact) mass is 320 g/mol.